The minimum atomic E-state index is -0.859. The summed E-state index contributed by atoms with van der Waals surface area (Å²) in [6, 6.07) is 3.09. The van der Waals surface area contributed by atoms with Crippen LogP contribution in [0.15, 0.2) is 31.1 Å². The molecule has 1 heterocycles. The molecule has 4 heteroatoms. The Morgan fingerprint density at radius 1 is 1.32 bits per heavy atom. The Bertz CT molecular complexity index is 627. The second-order valence-electron chi connectivity index (χ2n) is 4.93. The van der Waals surface area contributed by atoms with Gasteiger partial charge in [-0.3, -0.25) is 4.68 Å². The summed E-state index contributed by atoms with van der Waals surface area (Å²) >= 11 is 0. The van der Waals surface area contributed by atoms with E-state index in [2.05, 4.69) is 11.7 Å². The average Bonchev–Trinajstić information content (AvgIpc) is 3.10. The van der Waals surface area contributed by atoms with Crippen molar-refractivity contribution in [2.24, 2.45) is 5.92 Å². The second-order valence-corrected chi connectivity index (χ2v) is 4.93. The highest BCUT2D eigenvalue weighted by Crippen LogP contribution is 2.31. The van der Waals surface area contributed by atoms with Gasteiger partial charge >= 0.3 is 0 Å². The van der Waals surface area contributed by atoms with Gasteiger partial charge in [-0.25, -0.2) is 8.78 Å². The SMILES string of the molecule is C=Cc1ccc(-c2cnn(CC3CC3)c2)c(F)c1F. The van der Waals surface area contributed by atoms with Crippen LogP contribution in [0.1, 0.15) is 18.4 Å². The molecule has 1 aliphatic carbocycles. The van der Waals surface area contributed by atoms with Crippen LogP contribution in [0.25, 0.3) is 17.2 Å². The molecule has 1 aliphatic rings. The zero-order valence-electron chi connectivity index (χ0n) is 10.4. The Labute approximate surface area is 110 Å². The van der Waals surface area contributed by atoms with Crippen LogP contribution in [0, 0.1) is 17.6 Å². The lowest BCUT2D eigenvalue weighted by molar-refractivity contribution is 0.509. The fraction of sp³-hybridized carbons (Fsp3) is 0.267. The molecule has 0 aliphatic heterocycles. The Kier molecular flexibility index (Phi) is 2.93. The van der Waals surface area contributed by atoms with Gasteiger partial charge < -0.3 is 0 Å². The first-order valence-corrected chi connectivity index (χ1v) is 6.32. The van der Waals surface area contributed by atoms with Gasteiger partial charge in [0.05, 0.1) is 6.20 Å². The monoisotopic (exact) mass is 260 g/mol. The molecule has 0 bridgehead atoms. The first-order chi connectivity index (χ1) is 9.19. The lowest BCUT2D eigenvalue weighted by atomic mass is 10.1. The minimum Gasteiger partial charge on any atom is -0.272 e. The Morgan fingerprint density at radius 2 is 2.11 bits per heavy atom. The molecule has 1 fully saturated rings. The van der Waals surface area contributed by atoms with Crippen molar-refractivity contribution < 1.29 is 8.78 Å². The molecule has 1 aromatic carbocycles. The molecular weight excluding hydrogens is 246 g/mol. The molecule has 2 nitrogen and oxygen atoms in total. The van der Waals surface area contributed by atoms with Crippen LogP contribution >= 0.6 is 0 Å². The number of aromatic nitrogens is 2. The lowest BCUT2D eigenvalue weighted by Crippen LogP contribution is -1.99. The molecule has 0 amide bonds. The van der Waals surface area contributed by atoms with Gasteiger partial charge in [-0.2, -0.15) is 5.10 Å². The van der Waals surface area contributed by atoms with Crippen LogP contribution in [-0.2, 0) is 6.54 Å². The summed E-state index contributed by atoms with van der Waals surface area (Å²) in [5.74, 6) is -1.01. The van der Waals surface area contributed by atoms with Crippen molar-refractivity contribution >= 4 is 6.08 Å². The molecule has 3 rings (SSSR count). The first kappa shape index (κ1) is 12.1. The molecule has 0 unspecified atom stereocenters. The summed E-state index contributed by atoms with van der Waals surface area (Å²) < 4.78 is 29.5. The van der Waals surface area contributed by atoms with E-state index in [0.717, 1.165) is 6.54 Å². The van der Waals surface area contributed by atoms with Crippen molar-refractivity contribution in [3.05, 3.63) is 48.3 Å². The van der Waals surface area contributed by atoms with Gasteiger partial charge in [0, 0.05) is 29.4 Å². The molecular formula is C15H14F2N2. The molecule has 98 valence electrons. The van der Waals surface area contributed by atoms with E-state index in [9.17, 15) is 8.78 Å². The molecule has 1 aromatic heterocycles. The number of nitrogens with zero attached hydrogens (tertiary/aromatic N) is 2. The molecule has 0 saturated heterocycles. The Hall–Kier alpha value is -1.97. The van der Waals surface area contributed by atoms with E-state index in [1.807, 2.05) is 0 Å². The fourth-order valence-corrected chi connectivity index (χ4v) is 2.11. The van der Waals surface area contributed by atoms with Gasteiger partial charge in [-0.1, -0.05) is 24.8 Å². The van der Waals surface area contributed by atoms with Crippen LogP contribution in [-0.4, -0.2) is 9.78 Å². The maximum Gasteiger partial charge on any atom is 0.167 e. The number of benzene rings is 1. The Balaban J connectivity index is 1.94. The van der Waals surface area contributed by atoms with Gasteiger partial charge in [0.15, 0.2) is 11.6 Å². The highest BCUT2D eigenvalue weighted by molar-refractivity contribution is 5.65. The molecule has 2 aromatic rings. The predicted octanol–water partition coefficient (Wildman–Crippen LogP) is 3.88. The van der Waals surface area contributed by atoms with E-state index in [-0.39, 0.29) is 11.1 Å². The largest absolute Gasteiger partial charge is 0.272 e. The number of hydrogen-bond donors (Lipinski definition) is 0. The summed E-state index contributed by atoms with van der Waals surface area (Å²) in [6.07, 6.45) is 7.11. The second kappa shape index (κ2) is 4.61. The number of halogens is 2. The van der Waals surface area contributed by atoms with Crippen LogP contribution in [0.3, 0.4) is 0 Å². The van der Waals surface area contributed by atoms with E-state index in [0.29, 0.717) is 11.5 Å². The molecule has 19 heavy (non-hydrogen) atoms. The molecule has 0 N–H and O–H groups in total. The summed E-state index contributed by atoms with van der Waals surface area (Å²) in [5, 5.41) is 4.19. The quantitative estimate of drug-likeness (QED) is 0.815. The summed E-state index contributed by atoms with van der Waals surface area (Å²) in [5.41, 5.74) is 1.02. The van der Waals surface area contributed by atoms with Gasteiger partial charge in [0.25, 0.3) is 0 Å². The smallest absolute Gasteiger partial charge is 0.167 e. The standard InChI is InChI=1S/C15H14F2N2/c1-2-11-5-6-13(15(17)14(11)16)12-7-18-19(9-12)8-10-3-4-10/h2,5-7,9-10H,1,3-4,8H2. The van der Waals surface area contributed by atoms with Crippen molar-refractivity contribution in [1.82, 2.24) is 9.78 Å². The van der Waals surface area contributed by atoms with Crippen molar-refractivity contribution in [2.45, 2.75) is 19.4 Å². The topological polar surface area (TPSA) is 17.8 Å². The van der Waals surface area contributed by atoms with Crippen molar-refractivity contribution in [2.75, 3.05) is 0 Å². The summed E-state index contributed by atoms with van der Waals surface area (Å²) in [6.45, 7) is 4.31. The van der Waals surface area contributed by atoms with Gasteiger partial charge in [0.2, 0.25) is 0 Å². The summed E-state index contributed by atoms with van der Waals surface area (Å²) in [7, 11) is 0. The van der Waals surface area contributed by atoms with Gasteiger partial charge in [-0.05, 0) is 18.8 Å². The zero-order valence-corrected chi connectivity index (χ0v) is 10.4. The predicted molar refractivity (Wildman–Crippen MR) is 70.4 cm³/mol. The van der Waals surface area contributed by atoms with E-state index in [1.54, 1.807) is 23.1 Å². The maximum atomic E-state index is 14.0. The van der Waals surface area contributed by atoms with Crippen molar-refractivity contribution in [3.8, 4) is 11.1 Å². The Morgan fingerprint density at radius 3 is 2.79 bits per heavy atom. The van der Waals surface area contributed by atoms with E-state index in [4.69, 9.17) is 0 Å². The molecule has 0 spiro atoms. The van der Waals surface area contributed by atoms with E-state index in [1.165, 1.54) is 25.0 Å². The molecule has 1 saturated carbocycles. The van der Waals surface area contributed by atoms with Crippen molar-refractivity contribution in [3.63, 3.8) is 0 Å². The highest BCUT2D eigenvalue weighted by atomic mass is 19.2. The highest BCUT2D eigenvalue weighted by Gasteiger charge is 2.22. The normalized spacial score (nSPS) is 14.6. The zero-order chi connectivity index (χ0) is 13.4. The third-order valence-electron chi connectivity index (χ3n) is 3.42. The van der Waals surface area contributed by atoms with Crippen LogP contribution in [0.5, 0.6) is 0 Å². The molecule has 0 atom stereocenters. The van der Waals surface area contributed by atoms with Crippen LogP contribution in [0.2, 0.25) is 0 Å². The number of hydrogen-bond acceptors (Lipinski definition) is 1. The average molecular weight is 260 g/mol. The lowest BCUT2D eigenvalue weighted by Gasteiger charge is -2.04. The minimum absolute atomic E-state index is 0.173. The van der Waals surface area contributed by atoms with E-state index >= 15 is 0 Å². The van der Waals surface area contributed by atoms with Gasteiger partial charge in [0.1, 0.15) is 0 Å². The maximum absolute atomic E-state index is 14.0. The third kappa shape index (κ3) is 2.30. The van der Waals surface area contributed by atoms with Crippen LogP contribution in [0.4, 0.5) is 8.78 Å². The molecule has 0 radical (unpaired) electrons. The van der Waals surface area contributed by atoms with Gasteiger partial charge in [-0.15, -0.1) is 0 Å². The van der Waals surface area contributed by atoms with E-state index < -0.39 is 11.6 Å². The van der Waals surface area contributed by atoms with Crippen LogP contribution < -0.4 is 0 Å². The first-order valence-electron chi connectivity index (χ1n) is 6.32. The fourth-order valence-electron chi connectivity index (χ4n) is 2.11. The number of rotatable bonds is 4. The third-order valence-corrected chi connectivity index (χ3v) is 3.42. The summed E-state index contributed by atoms with van der Waals surface area (Å²) in [4.78, 5) is 0. The van der Waals surface area contributed by atoms with Crippen molar-refractivity contribution in [1.29, 1.82) is 0 Å².